The third kappa shape index (κ3) is 4.70. The molecule has 0 fully saturated rings. The van der Waals surface area contributed by atoms with Crippen molar-refractivity contribution in [3.05, 3.63) is 83.9 Å². The van der Waals surface area contributed by atoms with Crippen molar-refractivity contribution >= 4 is 33.4 Å². The van der Waals surface area contributed by atoms with E-state index in [2.05, 4.69) is 5.32 Å². The van der Waals surface area contributed by atoms with Crippen LogP contribution in [0.4, 0.5) is 11.4 Å². The predicted octanol–water partition coefficient (Wildman–Crippen LogP) is 4.11. The lowest BCUT2D eigenvalue weighted by Crippen LogP contribution is -2.29. The van der Waals surface area contributed by atoms with Crippen LogP contribution in [0.25, 0.3) is 6.08 Å². The van der Waals surface area contributed by atoms with E-state index in [0.29, 0.717) is 30.2 Å². The number of amides is 1. The number of carbonyl (C=O) groups excluding carboxylic acids is 1. The number of anilines is 2. The van der Waals surface area contributed by atoms with Crippen molar-refractivity contribution in [2.45, 2.75) is 11.3 Å². The van der Waals surface area contributed by atoms with Crippen LogP contribution in [-0.4, -0.2) is 35.1 Å². The average Bonchev–Trinajstić information content (AvgIpc) is 3.28. The Morgan fingerprint density at radius 1 is 0.970 bits per heavy atom. The number of carbonyl (C=O) groups is 1. The van der Waals surface area contributed by atoms with Crippen molar-refractivity contribution in [2.75, 3.05) is 30.4 Å². The second-order valence-corrected chi connectivity index (χ2v) is 9.28. The fourth-order valence-corrected chi connectivity index (χ4v) is 5.21. The molecule has 3 aromatic carbocycles. The van der Waals surface area contributed by atoms with Crippen molar-refractivity contribution in [2.24, 2.45) is 0 Å². The minimum Gasteiger partial charge on any atom is -0.493 e. The lowest BCUT2D eigenvalue weighted by Gasteiger charge is -2.19. The van der Waals surface area contributed by atoms with E-state index < -0.39 is 10.0 Å². The van der Waals surface area contributed by atoms with Gasteiger partial charge in [-0.05, 0) is 66.1 Å². The summed E-state index contributed by atoms with van der Waals surface area (Å²) in [5.74, 6) is 0.831. The first-order chi connectivity index (χ1) is 15.9. The van der Waals surface area contributed by atoms with Crippen molar-refractivity contribution in [1.82, 2.24) is 0 Å². The Hall–Kier alpha value is -3.78. The highest BCUT2D eigenvalue weighted by molar-refractivity contribution is 7.92. The summed E-state index contributed by atoms with van der Waals surface area (Å²) in [7, 11) is -0.569. The zero-order chi connectivity index (χ0) is 23.4. The number of benzene rings is 3. The average molecular weight is 465 g/mol. The van der Waals surface area contributed by atoms with E-state index in [1.807, 2.05) is 24.3 Å². The van der Waals surface area contributed by atoms with Gasteiger partial charge in [-0.25, -0.2) is 8.42 Å². The Morgan fingerprint density at radius 2 is 1.70 bits per heavy atom. The molecule has 3 aromatic rings. The van der Waals surface area contributed by atoms with E-state index in [4.69, 9.17) is 9.47 Å². The van der Waals surface area contributed by atoms with Crippen molar-refractivity contribution < 1.29 is 22.7 Å². The summed E-state index contributed by atoms with van der Waals surface area (Å²) in [5, 5.41) is 2.74. The first kappa shape index (κ1) is 22.4. The summed E-state index contributed by atoms with van der Waals surface area (Å²) in [6.07, 6.45) is 3.74. The molecular formula is C25H24N2O5S. The van der Waals surface area contributed by atoms with Crippen LogP contribution in [-0.2, 0) is 21.2 Å². The Morgan fingerprint density at radius 3 is 2.42 bits per heavy atom. The molecule has 0 aromatic heterocycles. The molecular weight excluding hydrogens is 440 g/mol. The number of methoxy groups -OCH3 is 2. The molecule has 0 radical (unpaired) electrons. The number of hydrogen-bond acceptors (Lipinski definition) is 5. The zero-order valence-electron chi connectivity index (χ0n) is 18.3. The van der Waals surface area contributed by atoms with Crippen molar-refractivity contribution in [3.8, 4) is 11.5 Å². The van der Waals surface area contributed by atoms with Crippen LogP contribution < -0.4 is 19.1 Å². The minimum atomic E-state index is -3.67. The number of sulfonamides is 1. The van der Waals surface area contributed by atoms with E-state index in [-0.39, 0.29) is 10.8 Å². The molecule has 0 saturated carbocycles. The molecule has 0 aliphatic carbocycles. The fraction of sp³-hybridized carbons (Fsp3) is 0.160. The Kier molecular flexibility index (Phi) is 6.37. The normalized spacial score (nSPS) is 13.1. The molecule has 0 unspecified atom stereocenters. The van der Waals surface area contributed by atoms with Gasteiger partial charge in [0.15, 0.2) is 11.5 Å². The van der Waals surface area contributed by atoms with Crippen LogP contribution in [0.15, 0.2) is 77.7 Å². The third-order valence-electron chi connectivity index (χ3n) is 5.39. The molecule has 0 atom stereocenters. The molecule has 7 nitrogen and oxygen atoms in total. The molecule has 8 heteroatoms. The smallest absolute Gasteiger partial charge is 0.264 e. The third-order valence-corrected chi connectivity index (χ3v) is 7.22. The highest BCUT2D eigenvalue weighted by atomic mass is 32.2. The van der Waals surface area contributed by atoms with Crippen LogP contribution in [0.2, 0.25) is 0 Å². The lowest BCUT2D eigenvalue weighted by atomic mass is 10.2. The molecule has 0 saturated heterocycles. The molecule has 0 spiro atoms. The number of fused-ring (bicyclic) bond motifs is 1. The Balaban J connectivity index is 1.44. The van der Waals surface area contributed by atoms with Crippen LogP contribution in [0.3, 0.4) is 0 Å². The van der Waals surface area contributed by atoms with Gasteiger partial charge in [-0.15, -0.1) is 0 Å². The van der Waals surface area contributed by atoms with Gasteiger partial charge >= 0.3 is 0 Å². The first-order valence-corrected chi connectivity index (χ1v) is 11.8. The van der Waals surface area contributed by atoms with Gasteiger partial charge in [0, 0.05) is 18.3 Å². The number of para-hydroxylation sites is 1. The summed E-state index contributed by atoms with van der Waals surface area (Å²) in [6.45, 7) is 0.418. The SMILES string of the molecule is COc1ccc(/C=C/C(=O)Nc2ccc(S(=O)(=O)N3CCc4ccccc43)cc2)cc1OC. The summed E-state index contributed by atoms with van der Waals surface area (Å²) in [5.41, 5.74) is 3.01. The Labute approximate surface area is 193 Å². The monoisotopic (exact) mass is 464 g/mol. The lowest BCUT2D eigenvalue weighted by molar-refractivity contribution is -0.111. The van der Waals surface area contributed by atoms with Gasteiger partial charge in [-0.1, -0.05) is 24.3 Å². The molecule has 1 N–H and O–H groups in total. The maximum absolute atomic E-state index is 13.1. The number of hydrogen-bond donors (Lipinski definition) is 1. The Bertz CT molecular complexity index is 1300. The number of nitrogens with zero attached hydrogens (tertiary/aromatic N) is 1. The van der Waals surface area contributed by atoms with Crippen LogP contribution in [0.5, 0.6) is 11.5 Å². The largest absolute Gasteiger partial charge is 0.493 e. The van der Waals surface area contributed by atoms with E-state index in [0.717, 1.165) is 16.8 Å². The van der Waals surface area contributed by atoms with E-state index in [1.165, 1.54) is 22.5 Å². The van der Waals surface area contributed by atoms with Crippen LogP contribution >= 0.6 is 0 Å². The second kappa shape index (κ2) is 9.38. The van der Waals surface area contributed by atoms with Crippen molar-refractivity contribution in [1.29, 1.82) is 0 Å². The minimum absolute atomic E-state index is 0.179. The predicted molar refractivity (Wildman–Crippen MR) is 128 cm³/mol. The van der Waals surface area contributed by atoms with Gasteiger partial charge in [0.2, 0.25) is 5.91 Å². The van der Waals surface area contributed by atoms with Crippen LogP contribution in [0, 0.1) is 0 Å². The highest BCUT2D eigenvalue weighted by Gasteiger charge is 2.30. The quantitative estimate of drug-likeness (QED) is 0.532. The molecule has 33 heavy (non-hydrogen) atoms. The van der Waals surface area contributed by atoms with E-state index in [9.17, 15) is 13.2 Å². The van der Waals surface area contributed by atoms with E-state index >= 15 is 0 Å². The number of nitrogens with one attached hydrogen (secondary N) is 1. The van der Waals surface area contributed by atoms with Crippen LogP contribution in [0.1, 0.15) is 11.1 Å². The maximum Gasteiger partial charge on any atom is 0.264 e. The first-order valence-electron chi connectivity index (χ1n) is 10.3. The molecule has 170 valence electrons. The second-order valence-electron chi connectivity index (χ2n) is 7.42. The number of ether oxygens (including phenoxy) is 2. The molecule has 1 heterocycles. The molecule has 1 amide bonds. The van der Waals surface area contributed by atoms with E-state index in [1.54, 1.807) is 50.6 Å². The highest BCUT2D eigenvalue weighted by Crippen LogP contribution is 2.33. The van der Waals surface area contributed by atoms with Gasteiger partial charge in [-0.2, -0.15) is 0 Å². The van der Waals surface area contributed by atoms with Gasteiger partial charge < -0.3 is 14.8 Å². The maximum atomic E-state index is 13.1. The van der Waals surface area contributed by atoms with Gasteiger partial charge in [-0.3, -0.25) is 9.10 Å². The van der Waals surface area contributed by atoms with Crippen molar-refractivity contribution in [3.63, 3.8) is 0 Å². The van der Waals surface area contributed by atoms with Gasteiger partial charge in [0.25, 0.3) is 10.0 Å². The summed E-state index contributed by atoms with van der Waals surface area (Å²) < 4.78 is 38.1. The summed E-state index contributed by atoms with van der Waals surface area (Å²) in [6, 6.07) is 19.0. The van der Waals surface area contributed by atoms with Gasteiger partial charge in [0.1, 0.15) is 0 Å². The molecule has 1 aliphatic rings. The fourth-order valence-electron chi connectivity index (χ4n) is 3.71. The molecule has 1 aliphatic heterocycles. The summed E-state index contributed by atoms with van der Waals surface area (Å²) in [4.78, 5) is 12.5. The molecule has 0 bridgehead atoms. The standard InChI is InChI=1S/C25H24N2O5S/c1-31-23-13-7-18(17-24(23)32-2)8-14-25(28)26-20-9-11-21(12-10-20)33(29,30)27-16-15-19-5-3-4-6-22(19)27/h3-14,17H,15-16H2,1-2H3,(H,26,28)/b14-8+. The zero-order valence-corrected chi connectivity index (χ0v) is 19.1. The topological polar surface area (TPSA) is 84.9 Å². The number of rotatable bonds is 7. The summed E-state index contributed by atoms with van der Waals surface area (Å²) >= 11 is 0. The van der Waals surface area contributed by atoms with Gasteiger partial charge in [0.05, 0.1) is 24.8 Å². The molecule has 4 rings (SSSR count).